The number of hydrogen-bond acceptors (Lipinski definition) is 13. The number of anilines is 2. The Morgan fingerprint density at radius 1 is 0.867 bits per heavy atom. The Labute approximate surface area is 256 Å². The van der Waals surface area contributed by atoms with Crippen LogP contribution >= 0.6 is 0 Å². The second-order valence-corrected chi connectivity index (χ2v) is 12.3. The zero-order valence-electron chi connectivity index (χ0n) is 23.6. The summed E-state index contributed by atoms with van der Waals surface area (Å²) in [6, 6.07) is 17.3. The number of carbonyl (C=O) groups is 1. The normalized spacial score (nSPS) is 11.2. The van der Waals surface area contributed by atoms with Crippen molar-refractivity contribution in [2.75, 3.05) is 16.3 Å². The average Bonchev–Trinajstić information content (AvgIpc) is 3.67. The molecule has 0 spiro atoms. The molecule has 0 aliphatic heterocycles. The van der Waals surface area contributed by atoms with Gasteiger partial charge in [-0.15, -0.1) is 0 Å². The Bertz CT molecular complexity index is 2110. The number of para-hydroxylation sites is 1. The molecule has 18 heteroatoms. The Morgan fingerprint density at radius 3 is 2.13 bits per heavy atom. The lowest BCUT2D eigenvalue weighted by molar-refractivity contribution is 0.102. The number of aryl methyl sites for hydroxylation is 1. The molecule has 0 radical (unpaired) electrons. The Hall–Kier alpha value is -5.59. The Kier molecular flexibility index (Phi) is 9.60. The van der Waals surface area contributed by atoms with Crippen molar-refractivity contribution in [1.29, 1.82) is 0 Å². The molecule has 3 aromatic carbocycles. The topological polar surface area (TPSA) is 232 Å². The summed E-state index contributed by atoms with van der Waals surface area (Å²) in [5, 5.41) is 10.0. The summed E-state index contributed by atoms with van der Waals surface area (Å²) in [6.07, 6.45) is 1.07. The monoisotopic (exact) mass is 652 g/mol. The molecule has 2 heterocycles. The minimum Gasteiger partial charge on any atom is -0.322 e. The summed E-state index contributed by atoms with van der Waals surface area (Å²) in [5.41, 5.74) is 2.49. The molecule has 0 saturated heterocycles. The molecule has 1 amide bonds. The molecule has 45 heavy (non-hydrogen) atoms. The van der Waals surface area contributed by atoms with Gasteiger partial charge in [0.15, 0.2) is 0 Å². The second-order valence-electron chi connectivity index (χ2n) is 9.08. The molecular formula is C27H24N8O8S2. The molecule has 2 aromatic heterocycles. The summed E-state index contributed by atoms with van der Waals surface area (Å²) in [6.45, 7) is 8.20. The third kappa shape index (κ3) is 8.72. The van der Waals surface area contributed by atoms with Crippen molar-refractivity contribution in [2.45, 2.75) is 11.8 Å². The van der Waals surface area contributed by atoms with Crippen molar-refractivity contribution < 1.29 is 35.2 Å². The van der Waals surface area contributed by atoms with E-state index in [9.17, 15) is 26.2 Å². The predicted molar refractivity (Wildman–Crippen MR) is 165 cm³/mol. The molecule has 16 nitrogen and oxygen atoms in total. The zero-order chi connectivity index (χ0) is 32.8. The molecule has 232 valence electrons. The van der Waals surface area contributed by atoms with Crippen LogP contribution in [0.5, 0.6) is 0 Å². The highest BCUT2D eigenvalue weighted by atomic mass is 32.2. The van der Waals surface area contributed by atoms with E-state index in [1.807, 2.05) is 0 Å². The van der Waals surface area contributed by atoms with E-state index < -0.39 is 26.0 Å². The number of aromatic nitrogens is 4. The van der Waals surface area contributed by atoms with Gasteiger partial charge in [-0.1, -0.05) is 34.6 Å². The van der Waals surface area contributed by atoms with Crippen LogP contribution < -0.4 is 10.0 Å². The van der Waals surface area contributed by atoms with Crippen LogP contribution in [0.15, 0.2) is 90.7 Å². The van der Waals surface area contributed by atoms with E-state index in [1.54, 1.807) is 61.5 Å². The first-order chi connectivity index (χ1) is 21.3. The van der Waals surface area contributed by atoms with Crippen LogP contribution in [0.1, 0.15) is 15.9 Å². The summed E-state index contributed by atoms with van der Waals surface area (Å²) >= 11 is 0. The van der Waals surface area contributed by atoms with Gasteiger partial charge in [0, 0.05) is 22.4 Å². The second kappa shape index (κ2) is 13.4. The van der Waals surface area contributed by atoms with Gasteiger partial charge in [0.2, 0.25) is 21.7 Å². The fourth-order valence-electron chi connectivity index (χ4n) is 3.72. The van der Waals surface area contributed by atoms with Gasteiger partial charge in [-0.2, -0.15) is 18.4 Å². The van der Waals surface area contributed by atoms with Crippen LogP contribution in [0.4, 0.5) is 23.4 Å². The maximum atomic E-state index is 12.5. The van der Waals surface area contributed by atoms with Gasteiger partial charge in [-0.05, 0) is 68.4 Å². The number of hydrogen-bond donors (Lipinski definition) is 3. The number of benzene rings is 3. The molecule has 0 aliphatic rings. The van der Waals surface area contributed by atoms with Gasteiger partial charge in [0.1, 0.15) is 0 Å². The third-order valence-corrected chi connectivity index (χ3v) is 6.98. The molecule has 0 unspecified atom stereocenters. The molecule has 0 aliphatic carbocycles. The minimum atomic E-state index is -4.38. The maximum absolute atomic E-state index is 12.5. The van der Waals surface area contributed by atoms with Gasteiger partial charge in [0.25, 0.3) is 16.0 Å². The van der Waals surface area contributed by atoms with E-state index >= 15 is 0 Å². The lowest BCUT2D eigenvalue weighted by Gasteiger charge is -2.09. The molecule has 0 atom stereocenters. The van der Waals surface area contributed by atoms with Crippen molar-refractivity contribution in [1.82, 2.24) is 20.3 Å². The largest absolute Gasteiger partial charge is 0.347 e. The first kappa shape index (κ1) is 32.3. The number of sulfonamides is 1. The smallest absolute Gasteiger partial charge is 0.322 e. The third-order valence-electron chi connectivity index (χ3n) is 5.55. The highest BCUT2D eigenvalue weighted by Gasteiger charge is 2.16. The zero-order valence-corrected chi connectivity index (χ0v) is 25.2. The van der Waals surface area contributed by atoms with Crippen LogP contribution in [0, 0.1) is 6.92 Å². The summed E-state index contributed by atoms with van der Waals surface area (Å²) < 4.78 is 66.4. The molecule has 5 aromatic rings. The number of rotatable bonds is 9. The summed E-state index contributed by atoms with van der Waals surface area (Å²) in [7, 11) is -7.76. The molecule has 0 bridgehead atoms. The van der Waals surface area contributed by atoms with Gasteiger partial charge in [0.05, 0.1) is 16.8 Å². The predicted octanol–water partition coefficient (Wildman–Crippen LogP) is 4.32. The summed E-state index contributed by atoms with van der Waals surface area (Å²) in [4.78, 5) is 27.2. The van der Waals surface area contributed by atoms with E-state index in [0.717, 1.165) is 6.26 Å². The van der Waals surface area contributed by atoms with Crippen LogP contribution in [-0.2, 0) is 20.1 Å². The van der Waals surface area contributed by atoms with Crippen LogP contribution in [0.25, 0.3) is 22.8 Å². The van der Waals surface area contributed by atoms with Crippen molar-refractivity contribution in [3.63, 3.8) is 0 Å². The van der Waals surface area contributed by atoms with E-state index in [4.69, 9.17) is 9.05 Å². The lowest BCUT2D eigenvalue weighted by atomic mass is 10.1. The SMILES string of the molecule is C=Nc1nc(-c2cccc(C(=O)Nc3cc(C)cc(S(=O)(=O)O)c3)c2)no1.C=Nc1nc(-c2ccccc2NS(C)(=O)=O)no1. The molecule has 0 fully saturated rings. The standard InChI is InChI=1S/C17H14N4O5S.C10H10N4O3S/c1-10-6-13(9-14(7-10)27(23,24)25)19-16(22)12-5-3-4-11(8-12)15-20-17(18-2)26-21-15;1-11-10-12-9(13-17-10)7-5-3-4-6-8(7)14-18(2,15)16/h3-9H,2H2,1H3,(H,19,22)(H,23,24,25);3-6,14H,1H2,2H3. The molecular weight excluding hydrogens is 628 g/mol. The number of nitrogens with zero attached hydrogens (tertiary/aromatic N) is 6. The van der Waals surface area contributed by atoms with Crippen molar-refractivity contribution in [2.24, 2.45) is 9.98 Å². The fraction of sp³-hybridized carbons (Fsp3) is 0.0741. The van der Waals surface area contributed by atoms with Gasteiger partial charge in [-0.3, -0.25) is 14.1 Å². The van der Waals surface area contributed by atoms with Crippen molar-refractivity contribution >= 4 is 62.9 Å². The number of nitrogens with one attached hydrogen (secondary N) is 2. The van der Waals surface area contributed by atoms with Crippen LogP contribution in [0.2, 0.25) is 0 Å². The van der Waals surface area contributed by atoms with Crippen molar-refractivity contribution in [3.8, 4) is 22.8 Å². The average molecular weight is 653 g/mol. The van der Waals surface area contributed by atoms with E-state index in [0.29, 0.717) is 27.9 Å². The van der Waals surface area contributed by atoms with Gasteiger partial charge >= 0.3 is 12.0 Å². The summed E-state index contributed by atoms with van der Waals surface area (Å²) in [5.74, 6) is 0.00900. The van der Waals surface area contributed by atoms with E-state index in [1.165, 1.54) is 12.1 Å². The first-order valence-electron chi connectivity index (χ1n) is 12.4. The highest BCUT2D eigenvalue weighted by Crippen LogP contribution is 2.27. The molecule has 3 N–H and O–H groups in total. The quantitative estimate of drug-likeness (QED) is 0.149. The Balaban J connectivity index is 0.000000222. The fourth-order valence-corrected chi connectivity index (χ4v) is 4.91. The van der Waals surface area contributed by atoms with E-state index in [-0.39, 0.29) is 34.3 Å². The number of amides is 1. The minimum absolute atomic E-state index is 0.0114. The van der Waals surface area contributed by atoms with Gasteiger partial charge < -0.3 is 14.4 Å². The first-order valence-corrected chi connectivity index (χ1v) is 15.8. The maximum Gasteiger partial charge on any atom is 0.347 e. The number of aliphatic imine (C=N–C) groups is 2. The van der Waals surface area contributed by atoms with Crippen LogP contribution in [0.3, 0.4) is 0 Å². The number of carbonyl (C=O) groups excluding carboxylic acids is 1. The molecule has 5 rings (SSSR count). The highest BCUT2D eigenvalue weighted by molar-refractivity contribution is 7.92. The van der Waals surface area contributed by atoms with Crippen LogP contribution in [-0.4, -0.2) is 67.3 Å². The lowest BCUT2D eigenvalue weighted by Crippen LogP contribution is -2.12. The molecule has 0 saturated carbocycles. The van der Waals surface area contributed by atoms with Gasteiger partial charge in [-0.25, -0.2) is 18.4 Å². The van der Waals surface area contributed by atoms with E-state index in [2.05, 4.69) is 53.7 Å². The Morgan fingerprint density at radius 2 is 1.51 bits per heavy atom. The van der Waals surface area contributed by atoms with Crippen molar-refractivity contribution in [3.05, 3.63) is 77.9 Å².